The maximum atomic E-state index is 12.8. The molecule has 8 atom stereocenters. The molecule has 4 unspecified atom stereocenters. The molecule has 55 heavy (non-hydrogen) atoms. The van der Waals surface area contributed by atoms with E-state index in [0.717, 1.165) is 17.3 Å². The summed E-state index contributed by atoms with van der Waals surface area (Å²) < 4.78 is 61.5. The minimum Gasteiger partial charge on any atom is -0.508 e. The number of hydrogen-bond acceptors (Lipinski definition) is 20. The summed E-state index contributed by atoms with van der Waals surface area (Å²) in [6.07, 6.45) is -8.12. The molecule has 0 radical (unpaired) electrons. The van der Waals surface area contributed by atoms with E-state index in [0.29, 0.717) is 12.3 Å². The van der Waals surface area contributed by atoms with Gasteiger partial charge < -0.3 is 56.0 Å². The highest BCUT2D eigenvalue weighted by Gasteiger charge is 2.60. The van der Waals surface area contributed by atoms with E-state index in [4.69, 9.17) is 24.0 Å². The molecule has 0 spiro atoms. The first-order chi connectivity index (χ1) is 25.4. The molecule has 29 heteroatoms. The van der Waals surface area contributed by atoms with E-state index in [1.54, 1.807) is 0 Å². The first-order valence-electron chi connectivity index (χ1n) is 16.1. The maximum Gasteiger partial charge on any atom is 0.481 e. The van der Waals surface area contributed by atoms with Gasteiger partial charge in [0.05, 0.1) is 19.9 Å². The van der Waals surface area contributed by atoms with Gasteiger partial charge in [-0.15, -0.1) is 0 Å². The van der Waals surface area contributed by atoms with E-state index >= 15 is 0 Å². The van der Waals surface area contributed by atoms with Crippen molar-refractivity contribution in [1.82, 2.24) is 15.5 Å². The first-order valence-corrected chi connectivity index (χ1v) is 21.2. The van der Waals surface area contributed by atoms with E-state index in [1.807, 2.05) is 0 Å². The average molecular weight is 868 g/mol. The molecule has 3 aliphatic heterocycles. The minimum absolute atomic E-state index is 0.0496. The number of thiol groups is 1. The lowest BCUT2D eigenvalue weighted by molar-refractivity contribution is -0.137. The number of nitrogens with zero attached hydrogens (tertiary/aromatic N) is 4. The van der Waals surface area contributed by atoms with Gasteiger partial charge in [0.2, 0.25) is 17.5 Å². The van der Waals surface area contributed by atoms with Crippen LogP contribution in [0.2, 0.25) is 0 Å². The summed E-state index contributed by atoms with van der Waals surface area (Å²) in [6.45, 7) is 1.50. The molecule has 1 saturated heterocycles. The number of carbonyl (C=O) groups is 3. The number of ketones is 1. The Bertz CT molecular complexity index is 1730. The number of hydrogen-bond donors (Lipinski definition) is 11. The predicted octanol–water partition coefficient (Wildman–Crippen LogP) is -2.03. The number of fused-ring (bicyclic) bond motifs is 1. The van der Waals surface area contributed by atoms with Crippen molar-refractivity contribution in [2.45, 2.75) is 69.9 Å². The fraction of sp³-hybridized carbons (Fsp3) is 0.692. The summed E-state index contributed by atoms with van der Waals surface area (Å²) in [7, 11) is -16.7. The molecule has 3 rings (SSSR count). The van der Waals surface area contributed by atoms with Crippen LogP contribution in [-0.2, 0) is 50.7 Å². The zero-order chi connectivity index (χ0) is 41.6. The molecule has 25 nitrogen and oxygen atoms in total. The van der Waals surface area contributed by atoms with Gasteiger partial charge in [0.1, 0.15) is 48.5 Å². The van der Waals surface area contributed by atoms with E-state index in [-0.39, 0.29) is 30.9 Å². The zero-order valence-corrected chi connectivity index (χ0v) is 33.1. The smallest absolute Gasteiger partial charge is 0.481 e. The Kier molecular flexibility index (Phi) is 16.1. The van der Waals surface area contributed by atoms with Crippen LogP contribution in [0.1, 0.15) is 33.6 Å². The highest BCUT2D eigenvalue weighted by molar-refractivity contribution is 7.80. The molecule has 0 aromatic heterocycles. The Balaban J connectivity index is 1.71. The molecular formula is C26H44N7O18P3S. The number of allylic oxidation sites excluding steroid dienone is 1. The highest BCUT2D eigenvalue weighted by Crippen LogP contribution is 2.61. The monoisotopic (exact) mass is 867 g/mol. The lowest BCUT2D eigenvalue weighted by atomic mass is 9.87. The molecule has 11 N–H and O–H groups in total. The molecule has 2 amide bonds. The van der Waals surface area contributed by atoms with E-state index in [1.165, 1.54) is 20.8 Å². The summed E-state index contributed by atoms with van der Waals surface area (Å²) in [4.78, 5) is 89.0. The van der Waals surface area contributed by atoms with Crippen LogP contribution < -0.4 is 16.4 Å². The number of aliphatic imine (C=N–C) groups is 3. The molecule has 1 fully saturated rings. The summed E-state index contributed by atoms with van der Waals surface area (Å²) in [6, 6.07) is 0. The van der Waals surface area contributed by atoms with Gasteiger partial charge in [0.15, 0.2) is 11.6 Å². The van der Waals surface area contributed by atoms with Crippen molar-refractivity contribution in [2.24, 2.45) is 26.1 Å². The van der Waals surface area contributed by atoms with Crippen molar-refractivity contribution < 1.29 is 85.6 Å². The van der Waals surface area contributed by atoms with Gasteiger partial charge in [-0.05, 0) is 0 Å². The molecule has 0 bridgehead atoms. The second kappa shape index (κ2) is 18.9. The Morgan fingerprint density at radius 1 is 1.16 bits per heavy atom. The van der Waals surface area contributed by atoms with Gasteiger partial charge in [-0.25, -0.2) is 28.6 Å². The number of nitrogens with two attached hydrogens (primary N) is 1. The highest BCUT2D eigenvalue weighted by atomic mass is 32.1. The standard InChI is InChI=1S/C26H44N7O18P3S/c1-4-14(34)9-16(35)26-20(22(27)30-12-32-26)31-13-33(26)24-18(37)19(50-52(40,41)42)15(49-24)10-47-53(43,44)51-54(45,46)48-11-25(2,3)21(38)23(39)29-6-5-17(36)28-7-8-55/h9,12,15,18-19,21,24,35,37-38,55H,4-8,10-11,13H2,1-3H3,(H,28,36)(H,29,39)(H,43,44)(H,45,46)(H2,27,30,32)(H2,40,41,42)/t15-,18-,19-,21?,24-,26?/m1/s1. The van der Waals surface area contributed by atoms with Crippen LogP contribution in [-0.4, -0.2) is 150 Å². The molecule has 312 valence electrons. The zero-order valence-electron chi connectivity index (χ0n) is 29.5. The second-order valence-corrected chi connectivity index (χ2v) is 17.3. The molecule has 0 aromatic rings. The third-order valence-corrected chi connectivity index (χ3v) is 11.3. The Morgan fingerprint density at radius 2 is 1.82 bits per heavy atom. The van der Waals surface area contributed by atoms with E-state index < -0.39 is 108 Å². The van der Waals surface area contributed by atoms with Crippen LogP contribution in [0.5, 0.6) is 0 Å². The average Bonchev–Trinajstić information content (AvgIpc) is 3.62. The molecular weight excluding hydrogens is 823 g/mol. The number of carbonyl (C=O) groups excluding carboxylic acids is 3. The van der Waals surface area contributed by atoms with Crippen LogP contribution in [0, 0.1) is 5.41 Å². The van der Waals surface area contributed by atoms with Gasteiger partial charge in [-0.1, -0.05) is 20.8 Å². The largest absolute Gasteiger partial charge is 0.508 e. The van der Waals surface area contributed by atoms with Crippen LogP contribution >= 0.6 is 36.1 Å². The summed E-state index contributed by atoms with van der Waals surface area (Å²) in [5.41, 5.74) is 1.99. The van der Waals surface area contributed by atoms with Crippen molar-refractivity contribution in [1.29, 1.82) is 0 Å². The number of phosphoric ester groups is 3. The van der Waals surface area contributed by atoms with Crippen LogP contribution in [0.25, 0.3) is 0 Å². The fourth-order valence-corrected chi connectivity index (χ4v) is 8.13. The minimum atomic E-state index is -5.66. The summed E-state index contributed by atoms with van der Waals surface area (Å²) in [5.74, 6) is -2.54. The topological polar surface area (TPSA) is 381 Å². The first kappa shape index (κ1) is 46.9. The lowest BCUT2D eigenvalue weighted by Crippen LogP contribution is -2.61. The number of rotatable bonds is 21. The molecule has 0 aromatic carbocycles. The van der Waals surface area contributed by atoms with E-state index in [2.05, 4.69) is 42.6 Å². The van der Waals surface area contributed by atoms with Gasteiger partial charge >= 0.3 is 23.5 Å². The normalized spacial score (nSPS) is 27.3. The fourth-order valence-electron chi connectivity index (χ4n) is 5.19. The van der Waals surface area contributed by atoms with Gasteiger partial charge in [-0.3, -0.25) is 32.9 Å². The number of aliphatic hydroxyl groups excluding tert-OH is 3. The lowest BCUT2D eigenvalue weighted by Gasteiger charge is -2.39. The third-order valence-electron chi connectivity index (χ3n) is 7.97. The Morgan fingerprint density at radius 3 is 2.44 bits per heavy atom. The summed E-state index contributed by atoms with van der Waals surface area (Å²) in [5, 5.41) is 37.6. The Hall–Kier alpha value is -2.48. The number of phosphoric acid groups is 3. The Labute approximate surface area is 318 Å². The number of aliphatic hydroxyl groups is 3. The SMILES string of the molecule is CCC(=O)C=C(O)C12N=CN=C(N)C1=NCN2[C@@H]1O[C@H](COP(=O)(O)OP(=O)(O)OCC(C)(C)C(O)C(=O)NCCC(=O)NCCS)[C@@H](OP(=O)(O)O)[C@H]1O. The van der Waals surface area contributed by atoms with Crippen molar-refractivity contribution in [2.75, 3.05) is 38.7 Å². The second-order valence-electron chi connectivity index (χ2n) is 12.6. The molecule has 0 aliphatic carbocycles. The van der Waals surface area contributed by atoms with Gasteiger partial charge in [0, 0.05) is 43.2 Å². The number of ether oxygens (including phenoxy) is 1. The number of amidine groups is 1. The van der Waals surface area contributed by atoms with Gasteiger partial charge in [0.25, 0.3) is 0 Å². The van der Waals surface area contributed by atoms with Crippen LogP contribution in [0.3, 0.4) is 0 Å². The quantitative estimate of drug-likeness (QED) is 0.0256. The van der Waals surface area contributed by atoms with Crippen molar-refractivity contribution in [3.8, 4) is 0 Å². The third kappa shape index (κ3) is 12.3. The van der Waals surface area contributed by atoms with Crippen molar-refractivity contribution >= 4 is 71.6 Å². The van der Waals surface area contributed by atoms with Crippen LogP contribution in [0.4, 0.5) is 0 Å². The van der Waals surface area contributed by atoms with Crippen LogP contribution in [0.15, 0.2) is 26.8 Å². The predicted molar refractivity (Wildman–Crippen MR) is 191 cm³/mol. The van der Waals surface area contributed by atoms with Gasteiger partial charge in [-0.2, -0.15) is 16.9 Å². The molecule has 3 heterocycles. The van der Waals surface area contributed by atoms with E-state index in [9.17, 15) is 63.0 Å². The number of amides is 2. The van der Waals surface area contributed by atoms with Crippen molar-refractivity contribution in [3.63, 3.8) is 0 Å². The molecule has 0 saturated carbocycles. The number of nitrogens with one attached hydrogen (secondary N) is 2. The maximum absolute atomic E-state index is 12.8. The van der Waals surface area contributed by atoms with Crippen molar-refractivity contribution in [3.05, 3.63) is 11.8 Å². The molecule has 3 aliphatic rings. The summed E-state index contributed by atoms with van der Waals surface area (Å²) >= 11 is 3.95.